The van der Waals surface area contributed by atoms with Crippen molar-refractivity contribution in [1.82, 2.24) is 10.2 Å². The van der Waals surface area contributed by atoms with Gasteiger partial charge in [-0.1, -0.05) is 6.42 Å². The number of piperidine rings is 1. The average molecular weight is 301 g/mol. The van der Waals surface area contributed by atoms with E-state index in [0.717, 1.165) is 24.9 Å². The van der Waals surface area contributed by atoms with E-state index in [9.17, 15) is 4.79 Å². The maximum absolute atomic E-state index is 12.3. The van der Waals surface area contributed by atoms with Gasteiger partial charge in [-0.3, -0.25) is 9.69 Å². The number of rotatable bonds is 5. The number of nitrogens with one attached hydrogen (secondary N) is 1. The van der Waals surface area contributed by atoms with E-state index in [2.05, 4.69) is 16.3 Å². The third-order valence-electron chi connectivity index (χ3n) is 4.23. The van der Waals surface area contributed by atoms with E-state index in [1.807, 2.05) is 6.92 Å². The van der Waals surface area contributed by atoms with Crippen molar-refractivity contribution in [2.75, 3.05) is 26.2 Å². The molecule has 22 heavy (non-hydrogen) atoms. The lowest BCUT2D eigenvalue weighted by atomic mass is 10.0. The van der Waals surface area contributed by atoms with Crippen LogP contribution in [0.2, 0.25) is 0 Å². The van der Waals surface area contributed by atoms with Gasteiger partial charge in [-0.15, -0.1) is 0 Å². The van der Waals surface area contributed by atoms with Crippen LogP contribution < -0.4 is 5.32 Å². The van der Waals surface area contributed by atoms with Gasteiger partial charge < -0.3 is 10.4 Å². The van der Waals surface area contributed by atoms with Crippen molar-refractivity contribution in [1.29, 1.82) is 5.26 Å². The molecular weight excluding hydrogens is 278 g/mol. The van der Waals surface area contributed by atoms with Gasteiger partial charge in [0.1, 0.15) is 0 Å². The Morgan fingerprint density at radius 3 is 3.00 bits per heavy atom. The highest BCUT2D eigenvalue weighted by molar-refractivity contribution is 5.95. The molecule has 1 heterocycles. The van der Waals surface area contributed by atoms with Crippen molar-refractivity contribution in [3.8, 4) is 6.07 Å². The Morgan fingerprint density at radius 1 is 1.50 bits per heavy atom. The van der Waals surface area contributed by atoms with Crippen molar-refractivity contribution in [3.63, 3.8) is 0 Å². The molecule has 2 rings (SSSR count). The highest BCUT2D eigenvalue weighted by atomic mass is 16.3. The van der Waals surface area contributed by atoms with Crippen LogP contribution in [-0.4, -0.2) is 48.2 Å². The van der Waals surface area contributed by atoms with Crippen LogP contribution in [0.4, 0.5) is 0 Å². The Morgan fingerprint density at radius 2 is 2.32 bits per heavy atom. The Hall–Kier alpha value is -1.90. The van der Waals surface area contributed by atoms with E-state index < -0.39 is 0 Å². The van der Waals surface area contributed by atoms with Gasteiger partial charge in [0.05, 0.1) is 18.2 Å². The van der Waals surface area contributed by atoms with Crippen LogP contribution in [0.15, 0.2) is 18.2 Å². The van der Waals surface area contributed by atoms with Crippen LogP contribution in [0.5, 0.6) is 0 Å². The van der Waals surface area contributed by atoms with Crippen LogP contribution in [0.3, 0.4) is 0 Å². The van der Waals surface area contributed by atoms with Crippen LogP contribution in [0.25, 0.3) is 0 Å². The molecule has 118 valence electrons. The van der Waals surface area contributed by atoms with E-state index in [-0.39, 0.29) is 12.5 Å². The minimum Gasteiger partial charge on any atom is -0.395 e. The van der Waals surface area contributed by atoms with Crippen molar-refractivity contribution in [2.45, 2.75) is 32.2 Å². The molecule has 0 saturated carbocycles. The summed E-state index contributed by atoms with van der Waals surface area (Å²) in [6, 6.07) is 7.47. The average Bonchev–Trinajstić information content (AvgIpc) is 2.54. The van der Waals surface area contributed by atoms with Crippen molar-refractivity contribution < 1.29 is 9.90 Å². The lowest BCUT2D eigenvalue weighted by Gasteiger charge is -2.35. The number of benzene rings is 1. The zero-order chi connectivity index (χ0) is 15.9. The third kappa shape index (κ3) is 4.06. The predicted octanol–water partition coefficient (Wildman–Crippen LogP) is 1.44. The molecule has 0 bridgehead atoms. The Labute approximate surface area is 131 Å². The van der Waals surface area contributed by atoms with E-state index >= 15 is 0 Å². The largest absolute Gasteiger partial charge is 0.395 e. The van der Waals surface area contributed by atoms with E-state index in [4.69, 9.17) is 10.4 Å². The van der Waals surface area contributed by atoms with Gasteiger partial charge in [-0.25, -0.2) is 0 Å². The number of nitriles is 1. The number of hydrogen-bond acceptors (Lipinski definition) is 4. The normalized spacial score (nSPS) is 18.7. The highest BCUT2D eigenvalue weighted by Gasteiger charge is 2.22. The molecule has 1 saturated heterocycles. The van der Waals surface area contributed by atoms with Crippen molar-refractivity contribution >= 4 is 5.91 Å². The molecule has 0 radical (unpaired) electrons. The lowest BCUT2D eigenvalue weighted by Crippen LogP contribution is -2.47. The molecule has 0 aromatic heterocycles. The van der Waals surface area contributed by atoms with Gasteiger partial charge in [0.15, 0.2) is 0 Å². The number of likely N-dealkylation sites (tertiary alicyclic amines) is 1. The van der Waals surface area contributed by atoms with E-state index in [1.165, 1.54) is 6.42 Å². The second-order valence-corrected chi connectivity index (χ2v) is 5.76. The molecule has 2 N–H and O–H groups in total. The first-order valence-corrected chi connectivity index (χ1v) is 7.79. The molecule has 1 aliphatic heterocycles. The molecule has 1 aromatic carbocycles. The fourth-order valence-corrected chi connectivity index (χ4v) is 3.01. The number of β-amino-alcohol motifs (C(OH)–C–C–N with tert-alkyl or cyclic N) is 1. The summed E-state index contributed by atoms with van der Waals surface area (Å²) in [5.74, 6) is -0.100. The summed E-state index contributed by atoms with van der Waals surface area (Å²) < 4.78 is 0. The number of amides is 1. The zero-order valence-corrected chi connectivity index (χ0v) is 13.0. The first kappa shape index (κ1) is 16.5. The molecule has 1 atom stereocenters. The smallest absolute Gasteiger partial charge is 0.251 e. The molecule has 1 amide bonds. The number of aryl methyl sites for hydroxylation is 1. The summed E-state index contributed by atoms with van der Waals surface area (Å²) >= 11 is 0. The minimum absolute atomic E-state index is 0.100. The van der Waals surface area contributed by atoms with Crippen molar-refractivity contribution in [3.05, 3.63) is 34.9 Å². The summed E-state index contributed by atoms with van der Waals surface area (Å²) in [5, 5.41) is 21.0. The summed E-state index contributed by atoms with van der Waals surface area (Å²) in [7, 11) is 0. The van der Waals surface area contributed by atoms with Gasteiger partial charge >= 0.3 is 0 Å². The number of hydrogen-bond donors (Lipinski definition) is 2. The molecule has 1 fully saturated rings. The fraction of sp³-hybridized carbons (Fsp3) is 0.529. The predicted molar refractivity (Wildman–Crippen MR) is 84.5 cm³/mol. The fourth-order valence-electron chi connectivity index (χ4n) is 3.01. The van der Waals surface area contributed by atoms with Gasteiger partial charge in [0.25, 0.3) is 5.91 Å². The van der Waals surface area contributed by atoms with Gasteiger partial charge in [-0.2, -0.15) is 5.26 Å². The standard InChI is InChI=1S/C17H23N3O2/c1-13-10-14(11-18)5-6-16(13)17(22)19-12-15-4-2-3-7-20(15)8-9-21/h5-6,10,15,21H,2-4,7-9,12H2,1H3,(H,19,22). The van der Waals surface area contributed by atoms with Gasteiger partial charge in [-0.05, 0) is 50.1 Å². The summed E-state index contributed by atoms with van der Waals surface area (Å²) in [6.45, 7) is 4.24. The second kappa shape index (κ2) is 7.92. The van der Waals surface area contributed by atoms with Crippen LogP contribution in [-0.2, 0) is 0 Å². The van der Waals surface area contributed by atoms with Gasteiger partial charge in [0, 0.05) is 24.7 Å². The SMILES string of the molecule is Cc1cc(C#N)ccc1C(=O)NCC1CCCCN1CCO. The maximum atomic E-state index is 12.3. The Kier molecular flexibility index (Phi) is 5.93. The number of aliphatic hydroxyl groups is 1. The van der Waals surface area contributed by atoms with Crippen LogP contribution in [0.1, 0.15) is 40.7 Å². The van der Waals surface area contributed by atoms with Crippen LogP contribution >= 0.6 is 0 Å². The highest BCUT2D eigenvalue weighted by Crippen LogP contribution is 2.16. The van der Waals surface area contributed by atoms with Gasteiger partial charge in [0.2, 0.25) is 0 Å². The lowest BCUT2D eigenvalue weighted by molar-refractivity contribution is 0.0889. The molecule has 0 spiro atoms. The third-order valence-corrected chi connectivity index (χ3v) is 4.23. The Balaban J connectivity index is 1.95. The van der Waals surface area contributed by atoms with E-state index in [0.29, 0.717) is 30.3 Å². The molecule has 5 heteroatoms. The first-order chi connectivity index (χ1) is 10.7. The molecule has 1 aromatic rings. The monoisotopic (exact) mass is 301 g/mol. The molecule has 0 aliphatic carbocycles. The zero-order valence-electron chi connectivity index (χ0n) is 13.0. The number of nitrogens with zero attached hydrogens (tertiary/aromatic N) is 2. The summed E-state index contributed by atoms with van der Waals surface area (Å²) in [6.07, 6.45) is 3.37. The molecule has 1 aliphatic rings. The second-order valence-electron chi connectivity index (χ2n) is 5.76. The summed E-state index contributed by atoms with van der Waals surface area (Å²) in [4.78, 5) is 14.6. The number of carbonyl (C=O) groups excluding carboxylic acids is 1. The quantitative estimate of drug-likeness (QED) is 0.863. The van der Waals surface area contributed by atoms with Crippen LogP contribution in [0, 0.1) is 18.3 Å². The molecule has 1 unspecified atom stereocenters. The topological polar surface area (TPSA) is 76.4 Å². The molecular formula is C17H23N3O2. The number of aliphatic hydroxyl groups excluding tert-OH is 1. The summed E-state index contributed by atoms with van der Waals surface area (Å²) in [5.41, 5.74) is 1.99. The maximum Gasteiger partial charge on any atom is 0.251 e. The van der Waals surface area contributed by atoms with Crippen molar-refractivity contribution in [2.24, 2.45) is 0 Å². The van der Waals surface area contributed by atoms with E-state index in [1.54, 1.807) is 18.2 Å². The number of carbonyl (C=O) groups is 1. The minimum atomic E-state index is -0.100. The Bertz CT molecular complexity index is 564. The first-order valence-electron chi connectivity index (χ1n) is 7.79. The molecule has 5 nitrogen and oxygen atoms in total.